The minimum atomic E-state index is -0.393. The van der Waals surface area contributed by atoms with E-state index < -0.39 is 5.91 Å². The van der Waals surface area contributed by atoms with Crippen molar-refractivity contribution < 1.29 is 19.4 Å². The first-order valence-corrected chi connectivity index (χ1v) is 10.4. The van der Waals surface area contributed by atoms with Gasteiger partial charge in [0.1, 0.15) is 12.4 Å². The van der Waals surface area contributed by atoms with Crippen LogP contribution in [-0.2, 0) is 6.61 Å². The van der Waals surface area contributed by atoms with E-state index in [9.17, 15) is 9.90 Å². The van der Waals surface area contributed by atoms with Gasteiger partial charge in [0.15, 0.2) is 11.5 Å². The summed E-state index contributed by atoms with van der Waals surface area (Å²) >= 11 is 6.50. The smallest absolute Gasteiger partial charge is 0.271 e. The maximum absolute atomic E-state index is 12.4. The average molecular weight is 534 g/mol. The van der Waals surface area contributed by atoms with Gasteiger partial charge in [-0.25, -0.2) is 5.43 Å². The second kappa shape index (κ2) is 10.3. The van der Waals surface area contributed by atoms with Crippen LogP contribution in [0.25, 0.3) is 0 Å². The van der Waals surface area contributed by atoms with Crippen molar-refractivity contribution in [2.75, 3.05) is 7.11 Å². The quantitative estimate of drug-likeness (QED) is 0.320. The SMILES string of the molecule is COc1cc(C(=O)N/N=C\c2cc(Br)c(O)c(Br)c2)ccc1OCc1ccccc1. The molecule has 0 fully saturated rings. The lowest BCUT2D eigenvalue weighted by Gasteiger charge is -2.12. The van der Waals surface area contributed by atoms with Crippen molar-refractivity contribution in [2.45, 2.75) is 6.61 Å². The van der Waals surface area contributed by atoms with Gasteiger partial charge in [-0.05, 0) is 73.3 Å². The normalized spacial score (nSPS) is 10.8. The minimum absolute atomic E-state index is 0.0952. The number of aromatic hydroxyl groups is 1. The van der Waals surface area contributed by atoms with Gasteiger partial charge in [-0.3, -0.25) is 4.79 Å². The van der Waals surface area contributed by atoms with Crippen LogP contribution in [0.1, 0.15) is 21.5 Å². The second-order valence-electron chi connectivity index (χ2n) is 6.17. The van der Waals surface area contributed by atoms with E-state index in [0.29, 0.717) is 38.2 Å². The number of methoxy groups -OCH3 is 1. The number of ether oxygens (including phenoxy) is 2. The van der Waals surface area contributed by atoms with Crippen molar-refractivity contribution in [3.63, 3.8) is 0 Å². The van der Waals surface area contributed by atoms with E-state index in [1.165, 1.54) is 13.3 Å². The largest absolute Gasteiger partial charge is 0.506 e. The zero-order valence-corrected chi connectivity index (χ0v) is 19.1. The fourth-order valence-corrected chi connectivity index (χ4v) is 3.77. The Balaban J connectivity index is 1.65. The van der Waals surface area contributed by atoms with Crippen molar-refractivity contribution >= 4 is 44.0 Å². The maximum atomic E-state index is 12.4. The molecule has 0 aliphatic carbocycles. The number of halogens is 2. The molecule has 0 bridgehead atoms. The first-order chi connectivity index (χ1) is 14.5. The number of nitrogens with one attached hydrogen (secondary N) is 1. The summed E-state index contributed by atoms with van der Waals surface area (Å²) < 4.78 is 12.2. The van der Waals surface area contributed by atoms with E-state index in [1.54, 1.807) is 30.3 Å². The minimum Gasteiger partial charge on any atom is -0.506 e. The number of amides is 1. The Kier molecular flexibility index (Phi) is 7.48. The van der Waals surface area contributed by atoms with Gasteiger partial charge in [0.25, 0.3) is 5.91 Å². The molecule has 0 spiro atoms. The Morgan fingerprint density at radius 3 is 2.43 bits per heavy atom. The predicted octanol–water partition coefficient (Wildman–Crippen LogP) is 5.27. The number of phenolic OH excluding ortho intramolecular Hbond substituents is 1. The Hall–Kier alpha value is -2.84. The first kappa shape index (κ1) is 21.9. The number of carbonyl (C=O) groups excluding carboxylic acids is 1. The molecule has 3 rings (SSSR count). The average Bonchev–Trinajstić information content (AvgIpc) is 2.76. The molecule has 0 aliphatic rings. The molecule has 3 aromatic rings. The van der Waals surface area contributed by atoms with Crippen LogP contribution in [0.4, 0.5) is 0 Å². The molecule has 0 saturated heterocycles. The monoisotopic (exact) mass is 532 g/mol. The molecule has 30 heavy (non-hydrogen) atoms. The lowest BCUT2D eigenvalue weighted by molar-refractivity contribution is 0.0954. The zero-order chi connectivity index (χ0) is 21.5. The van der Waals surface area contributed by atoms with E-state index in [4.69, 9.17) is 9.47 Å². The van der Waals surface area contributed by atoms with Gasteiger partial charge >= 0.3 is 0 Å². The van der Waals surface area contributed by atoms with Crippen LogP contribution in [0.15, 0.2) is 74.7 Å². The number of rotatable bonds is 7. The lowest BCUT2D eigenvalue weighted by atomic mass is 10.2. The molecule has 3 aromatic carbocycles. The topological polar surface area (TPSA) is 80.2 Å². The molecular weight excluding hydrogens is 516 g/mol. The van der Waals surface area contributed by atoms with E-state index >= 15 is 0 Å². The highest BCUT2D eigenvalue weighted by Crippen LogP contribution is 2.33. The van der Waals surface area contributed by atoms with Crippen molar-refractivity contribution in [1.29, 1.82) is 0 Å². The summed E-state index contributed by atoms with van der Waals surface area (Å²) in [4.78, 5) is 12.4. The fourth-order valence-electron chi connectivity index (χ4n) is 2.55. The number of nitrogens with zero attached hydrogens (tertiary/aromatic N) is 1. The third-order valence-electron chi connectivity index (χ3n) is 4.08. The van der Waals surface area contributed by atoms with Crippen molar-refractivity contribution in [3.05, 3.63) is 86.3 Å². The predicted molar refractivity (Wildman–Crippen MR) is 122 cm³/mol. The van der Waals surface area contributed by atoms with Crippen LogP contribution >= 0.6 is 31.9 Å². The highest BCUT2D eigenvalue weighted by molar-refractivity contribution is 9.11. The van der Waals surface area contributed by atoms with E-state index in [2.05, 4.69) is 42.4 Å². The molecule has 0 heterocycles. The zero-order valence-electron chi connectivity index (χ0n) is 15.9. The number of hydrogen-bond acceptors (Lipinski definition) is 5. The summed E-state index contributed by atoms with van der Waals surface area (Å²) in [6.07, 6.45) is 1.47. The van der Waals surface area contributed by atoms with Gasteiger partial charge in [-0.15, -0.1) is 0 Å². The molecule has 154 valence electrons. The van der Waals surface area contributed by atoms with Gasteiger partial charge in [-0.2, -0.15) is 5.10 Å². The Morgan fingerprint density at radius 1 is 1.07 bits per heavy atom. The van der Waals surface area contributed by atoms with Gasteiger partial charge in [0.05, 0.1) is 22.3 Å². The van der Waals surface area contributed by atoms with E-state index in [1.807, 2.05) is 30.3 Å². The molecule has 0 aliphatic heterocycles. The molecule has 2 N–H and O–H groups in total. The number of benzene rings is 3. The Morgan fingerprint density at radius 2 is 1.77 bits per heavy atom. The third-order valence-corrected chi connectivity index (χ3v) is 5.29. The number of hydrazone groups is 1. The lowest BCUT2D eigenvalue weighted by Crippen LogP contribution is -2.17. The van der Waals surface area contributed by atoms with Gasteiger partial charge in [0, 0.05) is 5.56 Å². The van der Waals surface area contributed by atoms with Crippen LogP contribution in [0, 0.1) is 0 Å². The van der Waals surface area contributed by atoms with Crippen molar-refractivity contribution in [2.24, 2.45) is 5.10 Å². The van der Waals surface area contributed by atoms with Crippen LogP contribution in [0.3, 0.4) is 0 Å². The molecule has 0 unspecified atom stereocenters. The third kappa shape index (κ3) is 5.61. The van der Waals surface area contributed by atoms with Crippen LogP contribution < -0.4 is 14.9 Å². The molecule has 1 amide bonds. The fraction of sp³-hybridized carbons (Fsp3) is 0.0909. The molecule has 0 saturated carbocycles. The summed E-state index contributed by atoms with van der Waals surface area (Å²) in [6.45, 7) is 0.394. The van der Waals surface area contributed by atoms with Gasteiger partial charge in [0.2, 0.25) is 0 Å². The standard InChI is InChI=1S/C22H18Br2N2O4/c1-29-20-11-16(7-8-19(20)30-13-14-5-3-2-4-6-14)22(28)26-25-12-15-9-17(23)21(27)18(24)10-15/h2-12,27H,13H2,1H3,(H,26,28)/b25-12-. The van der Waals surface area contributed by atoms with Crippen molar-refractivity contribution in [1.82, 2.24) is 5.43 Å². The van der Waals surface area contributed by atoms with Crippen molar-refractivity contribution in [3.8, 4) is 17.2 Å². The van der Waals surface area contributed by atoms with Gasteiger partial charge < -0.3 is 14.6 Å². The molecule has 8 heteroatoms. The number of hydrogen-bond donors (Lipinski definition) is 2. The summed E-state index contributed by atoms with van der Waals surface area (Å²) in [6, 6.07) is 18.1. The van der Waals surface area contributed by atoms with Crippen LogP contribution in [-0.4, -0.2) is 24.3 Å². The van der Waals surface area contributed by atoms with Crippen LogP contribution in [0.2, 0.25) is 0 Å². The highest BCUT2D eigenvalue weighted by Gasteiger charge is 2.11. The molecular formula is C22H18Br2N2O4. The number of carbonyl (C=O) groups is 1. The first-order valence-electron chi connectivity index (χ1n) is 8.84. The van der Waals surface area contributed by atoms with Crippen LogP contribution in [0.5, 0.6) is 17.2 Å². The van der Waals surface area contributed by atoms with E-state index in [-0.39, 0.29) is 5.75 Å². The summed E-state index contributed by atoms with van der Waals surface area (Å²) in [7, 11) is 1.52. The number of phenols is 1. The molecule has 6 nitrogen and oxygen atoms in total. The molecule has 0 atom stereocenters. The van der Waals surface area contributed by atoms with E-state index in [0.717, 1.165) is 5.56 Å². The summed E-state index contributed by atoms with van der Waals surface area (Å²) in [5, 5.41) is 13.7. The molecule has 0 aromatic heterocycles. The second-order valence-corrected chi connectivity index (χ2v) is 7.88. The molecule has 0 radical (unpaired) electrons. The van der Waals surface area contributed by atoms with Gasteiger partial charge in [-0.1, -0.05) is 30.3 Å². The summed E-state index contributed by atoms with van der Waals surface area (Å²) in [5.41, 5.74) is 4.57. The Bertz CT molecular complexity index is 1050. The highest BCUT2D eigenvalue weighted by atomic mass is 79.9. The maximum Gasteiger partial charge on any atom is 0.271 e. The Labute approximate surface area is 190 Å². The summed E-state index contributed by atoms with van der Waals surface area (Å²) in [5.74, 6) is 0.697.